The van der Waals surface area contributed by atoms with E-state index in [4.69, 9.17) is 0 Å². The van der Waals surface area contributed by atoms with Crippen LogP contribution < -0.4 is 5.32 Å². The van der Waals surface area contributed by atoms with Crippen LogP contribution in [0, 0.1) is 13.8 Å². The van der Waals surface area contributed by atoms with Crippen molar-refractivity contribution in [3.05, 3.63) is 54.1 Å². The van der Waals surface area contributed by atoms with Gasteiger partial charge in [0.2, 0.25) is 5.91 Å². The number of carbonyl (C=O) groups is 1. The van der Waals surface area contributed by atoms with Crippen molar-refractivity contribution >= 4 is 11.6 Å². The Morgan fingerprint density at radius 1 is 1.17 bits per heavy atom. The fourth-order valence-electron chi connectivity index (χ4n) is 2.63. The molecule has 124 valence electrons. The molecule has 2 heterocycles. The fourth-order valence-corrected chi connectivity index (χ4v) is 2.63. The van der Waals surface area contributed by atoms with E-state index in [1.807, 2.05) is 64.3 Å². The van der Waals surface area contributed by atoms with Crippen molar-refractivity contribution in [3.63, 3.8) is 0 Å². The summed E-state index contributed by atoms with van der Waals surface area (Å²) in [6.45, 7) is 5.65. The van der Waals surface area contributed by atoms with Crippen molar-refractivity contribution in [2.45, 2.75) is 26.8 Å². The van der Waals surface area contributed by atoms with E-state index in [9.17, 15) is 4.79 Å². The lowest BCUT2D eigenvalue weighted by molar-refractivity contribution is -0.119. The Labute approximate surface area is 141 Å². The average Bonchev–Trinajstić information content (AvgIpc) is 3.16. The van der Waals surface area contributed by atoms with Crippen LogP contribution in [0.1, 0.15) is 24.4 Å². The molecule has 6 nitrogen and oxygen atoms in total. The predicted molar refractivity (Wildman–Crippen MR) is 93.7 cm³/mol. The zero-order valence-electron chi connectivity index (χ0n) is 14.3. The first-order valence-electron chi connectivity index (χ1n) is 7.88. The zero-order chi connectivity index (χ0) is 17.3. The molecule has 2 aromatic heterocycles. The van der Waals surface area contributed by atoms with Gasteiger partial charge in [0.05, 0.1) is 23.3 Å². The minimum Gasteiger partial charge on any atom is -0.321 e. The molecule has 0 unspecified atom stereocenters. The number of amides is 1. The predicted octanol–water partition coefficient (Wildman–Crippen LogP) is 3.10. The van der Waals surface area contributed by atoms with Crippen LogP contribution in [-0.2, 0) is 11.8 Å². The van der Waals surface area contributed by atoms with E-state index >= 15 is 0 Å². The van der Waals surface area contributed by atoms with Crippen LogP contribution in [0.3, 0.4) is 0 Å². The summed E-state index contributed by atoms with van der Waals surface area (Å²) < 4.78 is 3.44. The summed E-state index contributed by atoms with van der Waals surface area (Å²) in [6, 6.07) is 9.57. The van der Waals surface area contributed by atoms with Gasteiger partial charge in [0.25, 0.3) is 0 Å². The van der Waals surface area contributed by atoms with Gasteiger partial charge in [-0.2, -0.15) is 10.2 Å². The largest absolute Gasteiger partial charge is 0.321 e. The van der Waals surface area contributed by atoms with Crippen LogP contribution in [-0.4, -0.2) is 25.5 Å². The molecule has 24 heavy (non-hydrogen) atoms. The van der Waals surface area contributed by atoms with Gasteiger partial charge in [-0.25, -0.2) is 0 Å². The molecule has 3 rings (SSSR count). The minimum absolute atomic E-state index is 0.114. The molecule has 0 bridgehead atoms. The molecule has 0 aliphatic heterocycles. The van der Waals surface area contributed by atoms with Crippen molar-refractivity contribution in [3.8, 4) is 11.1 Å². The highest BCUT2D eigenvalue weighted by molar-refractivity contribution is 5.94. The second-order valence-electron chi connectivity index (χ2n) is 5.91. The van der Waals surface area contributed by atoms with Gasteiger partial charge < -0.3 is 5.32 Å². The van der Waals surface area contributed by atoms with Gasteiger partial charge >= 0.3 is 0 Å². The number of benzene rings is 1. The lowest BCUT2D eigenvalue weighted by Gasteiger charge is -2.13. The number of carbonyl (C=O) groups excluding carboxylic acids is 1. The molecule has 1 amide bonds. The first kappa shape index (κ1) is 16.0. The third kappa shape index (κ3) is 2.95. The number of aryl methyl sites for hydroxylation is 2. The monoisotopic (exact) mass is 323 g/mol. The van der Waals surface area contributed by atoms with Crippen LogP contribution in [0.15, 0.2) is 42.7 Å². The molecule has 1 N–H and O–H groups in total. The first-order chi connectivity index (χ1) is 11.5. The molecule has 0 saturated heterocycles. The standard InChI is InChI=1S/C18H21N5O/c1-12-17(13(2)22(4)21-12)20-18(24)14(3)23-11-16(10-19-23)15-8-6-5-7-9-15/h5-11,14H,1-4H3,(H,20,24)/t14-/m0/s1. The number of hydrogen-bond donors (Lipinski definition) is 1. The fraction of sp³-hybridized carbons (Fsp3) is 0.278. The summed E-state index contributed by atoms with van der Waals surface area (Å²) in [6.07, 6.45) is 3.67. The number of aromatic nitrogens is 4. The average molecular weight is 323 g/mol. The van der Waals surface area contributed by atoms with Crippen LogP contribution in [0.2, 0.25) is 0 Å². The van der Waals surface area contributed by atoms with Crippen molar-refractivity contribution in [1.29, 1.82) is 0 Å². The number of nitrogens with one attached hydrogen (secondary N) is 1. The highest BCUT2D eigenvalue weighted by atomic mass is 16.2. The van der Waals surface area contributed by atoms with E-state index in [0.29, 0.717) is 0 Å². The van der Waals surface area contributed by atoms with Gasteiger partial charge in [-0.15, -0.1) is 0 Å². The summed E-state index contributed by atoms with van der Waals surface area (Å²) in [5.74, 6) is -0.114. The molecule has 0 saturated carbocycles. The summed E-state index contributed by atoms with van der Waals surface area (Å²) in [4.78, 5) is 12.6. The van der Waals surface area contributed by atoms with Gasteiger partial charge in [0.15, 0.2) is 0 Å². The Morgan fingerprint density at radius 2 is 1.88 bits per heavy atom. The third-order valence-electron chi connectivity index (χ3n) is 4.24. The normalized spacial score (nSPS) is 12.2. The lowest BCUT2D eigenvalue weighted by Crippen LogP contribution is -2.24. The van der Waals surface area contributed by atoms with Crippen LogP contribution in [0.25, 0.3) is 11.1 Å². The number of hydrogen-bond acceptors (Lipinski definition) is 3. The Morgan fingerprint density at radius 3 is 2.50 bits per heavy atom. The molecule has 0 aliphatic carbocycles. The van der Waals surface area contributed by atoms with E-state index in [2.05, 4.69) is 15.5 Å². The lowest BCUT2D eigenvalue weighted by atomic mass is 10.1. The van der Waals surface area contributed by atoms with Crippen molar-refractivity contribution in [2.24, 2.45) is 7.05 Å². The Kier molecular flexibility index (Phi) is 4.20. The van der Waals surface area contributed by atoms with Crippen LogP contribution in [0.5, 0.6) is 0 Å². The summed E-state index contributed by atoms with van der Waals surface area (Å²) in [5, 5.41) is 11.6. The summed E-state index contributed by atoms with van der Waals surface area (Å²) in [7, 11) is 1.86. The Balaban J connectivity index is 1.78. The smallest absolute Gasteiger partial charge is 0.249 e. The first-order valence-corrected chi connectivity index (χ1v) is 7.88. The summed E-state index contributed by atoms with van der Waals surface area (Å²) >= 11 is 0. The molecule has 0 aliphatic rings. The summed E-state index contributed by atoms with van der Waals surface area (Å²) in [5.41, 5.74) is 4.57. The third-order valence-corrected chi connectivity index (χ3v) is 4.24. The number of rotatable bonds is 4. The second kappa shape index (κ2) is 6.31. The number of anilines is 1. The van der Waals surface area contributed by atoms with E-state index in [-0.39, 0.29) is 5.91 Å². The molecular weight excluding hydrogens is 302 g/mol. The van der Waals surface area contributed by atoms with Gasteiger partial charge in [-0.3, -0.25) is 14.2 Å². The Bertz CT molecular complexity index is 863. The highest BCUT2D eigenvalue weighted by Crippen LogP contribution is 2.22. The molecule has 0 fully saturated rings. The minimum atomic E-state index is -0.415. The van der Waals surface area contributed by atoms with Crippen molar-refractivity contribution in [1.82, 2.24) is 19.6 Å². The molecule has 1 atom stereocenters. The van der Waals surface area contributed by atoms with Crippen LogP contribution in [0.4, 0.5) is 5.69 Å². The number of nitrogens with zero attached hydrogens (tertiary/aromatic N) is 4. The van der Waals surface area contributed by atoms with Gasteiger partial charge in [-0.1, -0.05) is 30.3 Å². The van der Waals surface area contributed by atoms with Crippen molar-refractivity contribution < 1.29 is 4.79 Å². The highest BCUT2D eigenvalue weighted by Gasteiger charge is 2.19. The molecular formula is C18H21N5O. The van der Waals surface area contributed by atoms with E-state index in [0.717, 1.165) is 28.2 Å². The van der Waals surface area contributed by atoms with Gasteiger partial charge in [0, 0.05) is 18.8 Å². The van der Waals surface area contributed by atoms with E-state index in [1.165, 1.54) is 0 Å². The molecule has 0 spiro atoms. The molecule has 1 aromatic carbocycles. The maximum absolute atomic E-state index is 12.6. The van der Waals surface area contributed by atoms with Crippen molar-refractivity contribution in [2.75, 3.05) is 5.32 Å². The SMILES string of the molecule is Cc1nn(C)c(C)c1NC(=O)[C@H](C)n1cc(-c2ccccc2)cn1. The zero-order valence-corrected chi connectivity index (χ0v) is 14.3. The molecule has 6 heteroatoms. The van der Waals surface area contributed by atoms with Gasteiger partial charge in [0.1, 0.15) is 6.04 Å². The van der Waals surface area contributed by atoms with E-state index < -0.39 is 6.04 Å². The topological polar surface area (TPSA) is 64.7 Å². The maximum atomic E-state index is 12.6. The Hall–Kier alpha value is -2.89. The van der Waals surface area contributed by atoms with Gasteiger partial charge in [-0.05, 0) is 26.3 Å². The quantitative estimate of drug-likeness (QED) is 0.802. The van der Waals surface area contributed by atoms with Crippen LogP contribution >= 0.6 is 0 Å². The maximum Gasteiger partial charge on any atom is 0.249 e. The molecule has 0 radical (unpaired) electrons. The van der Waals surface area contributed by atoms with E-state index in [1.54, 1.807) is 15.6 Å². The molecule has 3 aromatic rings. The second-order valence-corrected chi connectivity index (χ2v) is 5.91.